The number of hydrogen-bond acceptors (Lipinski definition) is 6. The number of imide groups is 1. The van der Waals surface area contributed by atoms with Crippen LogP contribution in [0.25, 0.3) is 0 Å². The molecular formula is C22H37N7O6. The zero-order valence-corrected chi connectivity index (χ0v) is 20.8. The lowest BCUT2D eigenvalue weighted by molar-refractivity contribution is -0.167. The second kappa shape index (κ2) is 11.8. The van der Waals surface area contributed by atoms with E-state index in [9.17, 15) is 29.1 Å². The van der Waals surface area contributed by atoms with Crippen molar-refractivity contribution >= 4 is 35.7 Å². The molecule has 0 bridgehead atoms. The van der Waals surface area contributed by atoms with Crippen molar-refractivity contribution in [3.05, 3.63) is 0 Å². The van der Waals surface area contributed by atoms with E-state index >= 15 is 0 Å². The molecule has 2 aliphatic heterocycles. The number of carboxylic acids is 1. The first-order valence-electron chi connectivity index (χ1n) is 11.9. The molecular weight excluding hydrogens is 458 g/mol. The first-order chi connectivity index (χ1) is 16.4. The maximum Gasteiger partial charge on any atom is 0.327 e. The van der Waals surface area contributed by atoms with Crippen molar-refractivity contribution in [2.24, 2.45) is 34.2 Å². The predicted octanol–water partition coefficient (Wildman–Crippen LogP) is -0.987. The van der Waals surface area contributed by atoms with Gasteiger partial charge in [-0.3, -0.25) is 19.4 Å². The van der Waals surface area contributed by atoms with E-state index in [2.05, 4.69) is 10.3 Å². The number of nitrogens with zero attached hydrogens (tertiary/aromatic N) is 4. The second-order valence-corrected chi connectivity index (χ2v) is 9.60. The van der Waals surface area contributed by atoms with Crippen LogP contribution < -0.4 is 16.8 Å². The number of aliphatic imine (C=N–C) groups is 1. The SMILES string of the molecule is CC(C)C(NC(=O)C(=O)N1CCN(C(=O)N2C(=O)[C@H](CCCN=C(N)N)[C@H]2C(=O)O)CC1)C(C)C. The van der Waals surface area contributed by atoms with Gasteiger partial charge in [-0.05, 0) is 24.7 Å². The third kappa shape index (κ3) is 6.61. The van der Waals surface area contributed by atoms with E-state index in [0.29, 0.717) is 6.42 Å². The summed E-state index contributed by atoms with van der Waals surface area (Å²) in [5.41, 5.74) is 10.5. The number of piperazine rings is 1. The first kappa shape index (κ1) is 27.9. The van der Waals surface area contributed by atoms with E-state index in [1.165, 1.54) is 9.80 Å². The fourth-order valence-electron chi connectivity index (χ4n) is 4.56. The molecule has 2 heterocycles. The smallest absolute Gasteiger partial charge is 0.327 e. The van der Waals surface area contributed by atoms with Gasteiger partial charge in [-0.15, -0.1) is 0 Å². The summed E-state index contributed by atoms with van der Waals surface area (Å²) in [6.07, 6.45) is 0.638. The highest BCUT2D eigenvalue weighted by Gasteiger charge is 2.55. The number of β-lactam (4-membered cyclic amide) rings is 1. The Labute approximate surface area is 204 Å². The molecule has 2 saturated heterocycles. The topological polar surface area (TPSA) is 192 Å². The molecule has 13 heteroatoms. The van der Waals surface area contributed by atoms with E-state index in [4.69, 9.17) is 11.5 Å². The van der Waals surface area contributed by atoms with Crippen molar-refractivity contribution in [2.45, 2.75) is 52.6 Å². The van der Waals surface area contributed by atoms with Crippen LogP contribution in [-0.4, -0.2) is 100 Å². The van der Waals surface area contributed by atoms with Crippen LogP contribution in [0.1, 0.15) is 40.5 Å². The van der Waals surface area contributed by atoms with Crippen molar-refractivity contribution < 1.29 is 29.1 Å². The number of nitrogens with one attached hydrogen (secondary N) is 1. The summed E-state index contributed by atoms with van der Waals surface area (Å²) in [6.45, 7) is 8.51. The first-order valence-corrected chi connectivity index (χ1v) is 11.9. The lowest BCUT2D eigenvalue weighted by Crippen LogP contribution is -2.69. The number of rotatable bonds is 8. The molecule has 0 aliphatic carbocycles. The van der Waals surface area contributed by atoms with Crippen LogP contribution in [0.3, 0.4) is 0 Å². The molecule has 2 fully saturated rings. The summed E-state index contributed by atoms with van der Waals surface area (Å²) in [6, 6.07) is -2.12. The highest BCUT2D eigenvalue weighted by molar-refractivity contribution is 6.35. The summed E-state index contributed by atoms with van der Waals surface area (Å²) in [5.74, 6) is -3.78. The van der Waals surface area contributed by atoms with Crippen LogP contribution in [0, 0.1) is 17.8 Å². The highest BCUT2D eigenvalue weighted by atomic mass is 16.4. The zero-order chi connectivity index (χ0) is 26.4. The minimum absolute atomic E-state index is 0.0842. The van der Waals surface area contributed by atoms with Gasteiger partial charge in [-0.1, -0.05) is 27.7 Å². The van der Waals surface area contributed by atoms with Gasteiger partial charge < -0.3 is 31.7 Å². The number of likely N-dealkylation sites (tertiary alicyclic amines) is 1. The number of carbonyl (C=O) groups excluding carboxylic acids is 4. The Morgan fingerprint density at radius 3 is 2.06 bits per heavy atom. The lowest BCUT2D eigenvalue weighted by atomic mass is 9.84. The Balaban J connectivity index is 1.92. The molecule has 0 unspecified atom stereocenters. The van der Waals surface area contributed by atoms with Crippen LogP contribution in [0.15, 0.2) is 4.99 Å². The van der Waals surface area contributed by atoms with E-state index in [1.807, 2.05) is 27.7 Å². The lowest BCUT2D eigenvalue weighted by Gasteiger charge is -2.46. The number of guanidine groups is 1. The fraction of sp³-hybridized carbons (Fsp3) is 0.727. The van der Waals surface area contributed by atoms with Gasteiger partial charge >= 0.3 is 23.8 Å². The number of nitrogens with two attached hydrogens (primary N) is 2. The number of amides is 5. The minimum Gasteiger partial charge on any atom is -0.480 e. The minimum atomic E-state index is -1.26. The quantitative estimate of drug-likeness (QED) is 0.108. The predicted molar refractivity (Wildman–Crippen MR) is 127 cm³/mol. The molecule has 2 aliphatic rings. The Morgan fingerprint density at radius 1 is 1.03 bits per heavy atom. The van der Waals surface area contributed by atoms with E-state index in [0.717, 1.165) is 4.90 Å². The molecule has 0 aromatic heterocycles. The van der Waals surface area contributed by atoms with Gasteiger partial charge in [0.25, 0.3) is 0 Å². The van der Waals surface area contributed by atoms with Crippen molar-refractivity contribution in [1.29, 1.82) is 0 Å². The molecule has 0 saturated carbocycles. The molecule has 2 atom stereocenters. The third-order valence-corrected chi connectivity index (χ3v) is 6.41. The van der Waals surface area contributed by atoms with Gasteiger partial charge in [0.2, 0.25) is 5.91 Å². The number of carboxylic acid groups (broad SMARTS) is 1. The Hall–Kier alpha value is -3.38. The fourth-order valence-corrected chi connectivity index (χ4v) is 4.56. The average Bonchev–Trinajstić information content (AvgIpc) is 2.78. The van der Waals surface area contributed by atoms with Crippen LogP contribution >= 0.6 is 0 Å². The summed E-state index contributed by atoms with van der Waals surface area (Å²) in [5, 5.41) is 12.4. The Morgan fingerprint density at radius 2 is 1.57 bits per heavy atom. The molecule has 5 amide bonds. The Bertz CT molecular complexity index is 854. The van der Waals surface area contributed by atoms with Crippen LogP contribution in [0.4, 0.5) is 4.79 Å². The van der Waals surface area contributed by atoms with E-state index in [-0.39, 0.29) is 63.0 Å². The highest BCUT2D eigenvalue weighted by Crippen LogP contribution is 2.32. The Kier molecular flexibility index (Phi) is 9.43. The molecule has 0 aromatic rings. The number of urea groups is 1. The molecule has 2 rings (SSSR count). The number of carbonyl (C=O) groups is 5. The van der Waals surface area contributed by atoms with Crippen LogP contribution in [0.5, 0.6) is 0 Å². The third-order valence-electron chi connectivity index (χ3n) is 6.41. The van der Waals surface area contributed by atoms with Gasteiger partial charge in [-0.25, -0.2) is 14.5 Å². The maximum atomic E-state index is 12.9. The standard InChI is InChI=1S/C22H37N7O6/c1-12(2)15(13(3)4)26-17(30)19(32)27-8-10-28(11-9-27)22(35)29-16(20(33)34)14(18(29)31)6-5-7-25-21(23)24/h12-16H,5-11H2,1-4H3,(H,26,30)(H,33,34)(H4,23,24,25)/t14-,16+/m1/s1. The molecule has 0 radical (unpaired) electrons. The number of aliphatic carboxylic acids is 1. The van der Waals surface area contributed by atoms with Crippen molar-refractivity contribution in [3.8, 4) is 0 Å². The van der Waals surface area contributed by atoms with Crippen LogP contribution in [0.2, 0.25) is 0 Å². The van der Waals surface area contributed by atoms with Crippen LogP contribution in [-0.2, 0) is 19.2 Å². The molecule has 6 N–H and O–H groups in total. The molecule has 196 valence electrons. The maximum absolute atomic E-state index is 12.9. The van der Waals surface area contributed by atoms with Gasteiger partial charge in [0, 0.05) is 38.8 Å². The normalized spacial score (nSPS) is 20.2. The molecule has 0 spiro atoms. The molecule has 0 aromatic carbocycles. The summed E-state index contributed by atoms with van der Waals surface area (Å²) in [4.78, 5) is 69.5. The number of hydrogen-bond donors (Lipinski definition) is 4. The van der Waals surface area contributed by atoms with E-state index in [1.54, 1.807) is 0 Å². The van der Waals surface area contributed by atoms with Gasteiger partial charge in [0.05, 0.1) is 5.92 Å². The monoisotopic (exact) mass is 495 g/mol. The molecule has 13 nitrogen and oxygen atoms in total. The molecule has 35 heavy (non-hydrogen) atoms. The van der Waals surface area contributed by atoms with Crippen molar-refractivity contribution in [3.63, 3.8) is 0 Å². The van der Waals surface area contributed by atoms with Gasteiger partial charge in [0.1, 0.15) is 0 Å². The zero-order valence-electron chi connectivity index (χ0n) is 20.8. The van der Waals surface area contributed by atoms with Crippen molar-refractivity contribution in [1.82, 2.24) is 20.0 Å². The second-order valence-electron chi connectivity index (χ2n) is 9.60. The summed E-state index contributed by atoms with van der Waals surface area (Å²) in [7, 11) is 0. The summed E-state index contributed by atoms with van der Waals surface area (Å²) < 4.78 is 0. The van der Waals surface area contributed by atoms with Gasteiger partial charge in [-0.2, -0.15) is 0 Å². The largest absolute Gasteiger partial charge is 0.480 e. The van der Waals surface area contributed by atoms with Crippen molar-refractivity contribution in [2.75, 3.05) is 32.7 Å². The summed E-state index contributed by atoms with van der Waals surface area (Å²) >= 11 is 0. The average molecular weight is 496 g/mol. The van der Waals surface area contributed by atoms with Gasteiger partial charge in [0.15, 0.2) is 12.0 Å². The van der Waals surface area contributed by atoms with E-state index < -0.39 is 41.7 Å².